The average molecular weight is 387 g/mol. The van der Waals surface area contributed by atoms with Crippen molar-refractivity contribution < 1.29 is 13.9 Å². The van der Waals surface area contributed by atoms with Crippen LogP contribution in [0.3, 0.4) is 0 Å². The van der Waals surface area contributed by atoms with Gasteiger partial charge in [0, 0.05) is 17.1 Å². The molecule has 0 aromatic heterocycles. The van der Waals surface area contributed by atoms with Crippen LogP contribution >= 0.6 is 15.9 Å². The Hall–Kier alpha value is -1.30. The van der Waals surface area contributed by atoms with Crippen LogP contribution in [0.1, 0.15) is 40.0 Å². The number of hydrogen-bond donors (Lipinski definition) is 2. The lowest BCUT2D eigenvalue weighted by Gasteiger charge is -2.24. The average Bonchev–Trinajstić information content (AvgIpc) is 2.86. The Morgan fingerprint density at radius 3 is 2.83 bits per heavy atom. The van der Waals surface area contributed by atoms with Crippen molar-refractivity contribution in [3.63, 3.8) is 0 Å². The molecule has 0 heterocycles. The first-order valence-electron chi connectivity index (χ1n) is 7.93. The van der Waals surface area contributed by atoms with Crippen molar-refractivity contribution in [1.82, 2.24) is 5.32 Å². The van der Waals surface area contributed by atoms with Crippen molar-refractivity contribution in [2.45, 2.75) is 51.7 Å². The third-order valence-corrected chi connectivity index (χ3v) is 4.53. The number of carbonyl (C=O) groups is 1. The van der Waals surface area contributed by atoms with Crippen molar-refractivity contribution in [3.05, 3.63) is 28.5 Å². The first kappa shape index (κ1) is 18.0. The van der Waals surface area contributed by atoms with Crippen LogP contribution in [0.25, 0.3) is 0 Å². The Morgan fingerprint density at radius 1 is 1.39 bits per heavy atom. The summed E-state index contributed by atoms with van der Waals surface area (Å²) in [5.41, 5.74) is 0.253. The highest BCUT2D eigenvalue weighted by Crippen LogP contribution is 2.31. The Morgan fingerprint density at radius 2 is 2.13 bits per heavy atom. The Labute approximate surface area is 145 Å². The van der Waals surface area contributed by atoms with Gasteiger partial charge in [-0.15, -0.1) is 0 Å². The van der Waals surface area contributed by atoms with E-state index in [4.69, 9.17) is 4.74 Å². The number of amides is 1. The van der Waals surface area contributed by atoms with Gasteiger partial charge in [0.2, 0.25) is 0 Å². The van der Waals surface area contributed by atoms with Crippen LogP contribution in [-0.4, -0.2) is 24.3 Å². The summed E-state index contributed by atoms with van der Waals surface area (Å²) in [4.78, 5) is 11.8. The van der Waals surface area contributed by atoms with Crippen LogP contribution in [0.5, 0.6) is 0 Å². The Balaban J connectivity index is 1.90. The largest absolute Gasteiger partial charge is 0.444 e. The molecule has 1 saturated carbocycles. The summed E-state index contributed by atoms with van der Waals surface area (Å²) >= 11 is 3.43. The number of benzene rings is 1. The summed E-state index contributed by atoms with van der Waals surface area (Å²) < 4.78 is 19.5. The van der Waals surface area contributed by atoms with Crippen molar-refractivity contribution in [3.8, 4) is 0 Å². The van der Waals surface area contributed by atoms with E-state index in [2.05, 4.69) is 26.6 Å². The van der Waals surface area contributed by atoms with E-state index < -0.39 is 11.7 Å². The Bertz CT molecular complexity index is 560. The fraction of sp³-hybridized carbons (Fsp3) is 0.588. The fourth-order valence-corrected chi connectivity index (χ4v) is 3.17. The van der Waals surface area contributed by atoms with Gasteiger partial charge in [0.25, 0.3) is 0 Å². The van der Waals surface area contributed by atoms with Crippen molar-refractivity contribution in [1.29, 1.82) is 0 Å². The van der Waals surface area contributed by atoms with Gasteiger partial charge in [-0.3, -0.25) is 0 Å². The molecule has 2 N–H and O–H groups in total. The topological polar surface area (TPSA) is 50.4 Å². The van der Waals surface area contributed by atoms with Crippen LogP contribution < -0.4 is 10.6 Å². The number of carbonyl (C=O) groups excluding carboxylic acids is 1. The third-order valence-electron chi connectivity index (χ3n) is 3.84. The van der Waals surface area contributed by atoms with E-state index in [0.29, 0.717) is 12.5 Å². The SMILES string of the molecule is CC(C)(C)OC(=O)NCC1CCCC1Nc1cc(F)ccc1Br. The number of rotatable bonds is 4. The number of alkyl carbamates (subject to hydrolysis) is 1. The summed E-state index contributed by atoms with van der Waals surface area (Å²) in [6.45, 7) is 6.08. The van der Waals surface area contributed by atoms with Gasteiger partial charge < -0.3 is 15.4 Å². The molecule has 1 aromatic rings. The molecule has 0 saturated heterocycles. The molecule has 0 radical (unpaired) electrons. The molecule has 1 aliphatic rings. The molecule has 1 aliphatic carbocycles. The zero-order chi connectivity index (χ0) is 17.0. The first-order chi connectivity index (χ1) is 10.7. The van der Waals surface area contributed by atoms with Gasteiger partial charge in [0.1, 0.15) is 11.4 Å². The molecular weight excluding hydrogens is 363 g/mol. The molecule has 23 heavy (non-hydrogen) atoms. The number of halogens is 2. The molecule has 0 spiro atoms. The molecule has 1 amide bonds. The maximum Gasteiger partial charge on any atom is 0.407 e. The van der Waals surface area contributed by atoms with Crippen molar-refractivity contribution in [2.24, 2.45) is 5.92 Å². The normalized spacial score (nSPS) is 21.1. The highest BCUT2D eigenvalue weighted by atomic mass is 79.9. The van der Waals surface area contributed by atoms with Gasteiger partial charge in [-0.05, 0) is 73.7 Å². The van der Waals surface area contributed by atoms with E-state index >= 15 is 0 Å². The van der Waals surface area contributed by atoms with Crippen LogP contribution in [-0.2, 0) is 4.74 Å². The maximum absolute atomic E-state index is 13.4. The van der Waals surface area contributed by atoms with Crippen molar-refractivity contribution in [2.75, 3.05) is 11.9 Å². The van der Waals surface area contributed by atoms with Crippen LogP contribution in [0.4, 0.5) is 14.9 Å². The zero-order valence-electron chi connectivity index (χ0n) is 13.8. The van der Waals surface area contributed by atoms with Gasteiger partial charge in [-0.1, -0.05) is 6.42 Å². The standard InChI is InChI=1S/C17H24BrFN2O2/c1-17(2,3)23-16(22)20-10-11-5-4-6-14(11)21-15-9-12(19)7-8-13(15)18/h7-9,11,14,21H,4-6,10H2,1-3H3,(H,20,22). The molecular formula is C17H24BrFN2O2. The second kappa shape index (κ2) is 7.51. The quantitative estimate of drug-likeness (QED) is 0.788. The molecule has 1 aromatic carbocycles. The molecule has 0 bridgehead atoms. The van der Waals surface area contributed by atoms with Crippen LogP contribution in [0.2, 0.25) is 0 Å². The highest BCUT2D eigenvalue weighted by Gasteiger charge is 2.28. The number of anilines is 1. The van der Waals surface area contributed by atoms with Gasteiger partial charge in [0.15, 0.2) is 0 Å². The lowest BCUT2D eigenvalue weighted by Crippen LogP contribution is -2.38. The van der Waals surface area contributed by atoms with Crippen LogP contribution in [0.15, 0.2) is 22.7 Å². The summed E-state index contributed by atoms with van der Waals surface area (Å²) in [5, 5.41) is 6.23. The lowest BCUT2D eigenvalue weighted by atomic mass is 10.0. The van der Waals surface area contributed by atoms with E-state index in [-0.39, 0.29) is 11.9 Å². The van der Waals surface area contributed by atoms with E-state index in [1.807, 2.05) is 20.8 Å². The summed E-state index contributed by atoms with van der Waals surface area (Å²) in [6.07, 6.45) is 2.73. The molecule has 6 heteroatoms. The van der Waals surface area contributed by atoms with Gasteiger partial charge in [-0.25, -0.2) is 9.18 Å². The van der Waals surface area contributed by atoms with Gasteiger partial charge in [-0.2, -0.15) is 0 Å². The van der Waals surface area contributed by atoms with E-state index in [0.717, 1.165) is 29.4 Å². The molecule has 2 atom stereocenters. The van der Waals surface area contributed by atoms with E-state index in [9.17, 15) is 9.18 Å². The van der Waals surface area contributed by atoms with Gasteiger partial charge >= 0.3 is 6.09 Å². The predicted molar refractivity (Wildman–Crippen MR) is 93.1 cm³/mol. The van der Waals surface area contributed by atoms with E-state index in [1.165, 1.54) is 12.1 Å². The second-order valence-electron chi connectivity index (χ2n) is 6.95. The number of ether oxygens (including phenoxy) is 1. The first-order valence-corrected chi connectivity index (χ1v) is 8.72. The Kier molecular flexibility index (Phi) is 5.89. The van der Waals surface area contributed by atoms with Crippen LogP contribution in [0, 0.1) is 11.7 Å². The monoisotopic (exact) mass is 386 g/mol. The lowest BCUT2D eigenvalue weighted by molar-refractivity contribution is 0.0519. The summed E-state index contributed by atoms with van der Waals surface area (Å²) in [5.74, 6) is 0.0369. The third kappa shape index (κ3) is 5.68. The summed E-state index contributed by atoms with van der Waals surface area (Å²) in [7, 11) is 0. The smallest absolute Gasteiger partial charge is 0.407 e. The summed E-state index contributed by atoms with van der Waals surface area (Å²) in [6, 6.07) is 4.82. The zero-order valence-corrected chi connectivity index (χ0v) is 15.4. The number of nitrogens with one attached hydrogen (secondary N) is 2. The highest BCUT2D eigenvalue weighted by molar-refractivity contribution is 9.10. The predicted octanol–water partition coefficient (Wildman–Crippen LogP) is 4.69. The molecule has 2 rings (SSSR count). The number of hydrogen-bond acceptors (Lipinski definition) is 3. The molecule has 4 nitrogen and oxygen atoms in total. The molecule has 2 unspecified atom stereocenters. The molecule has 1 fully saturated rings. The molecule has 128 valence electrons. The minimum atomic E-state index is -0.496. The molecule has 0 aliphatic heterocycles. The van der Waals surface area contributed by atoms with Crippen molar-refractivity contribution >= 4 is 27.7 Å². The second-order valence-corrected chi connectivity index (χ2v) is 7.80. The van der Waals surface area contributed by atoms with Gasteiger partial charge in [0.05, 0.1) is 5.69 Å². The minimum absolute atomic E-state index is 0.211. The van der Waals surface area contributed by atoms with E-state index in [1.54, 1.807) is 6.07 Å². The fourth-order valence-electron chi connectivity index (χ4n) is 2.81. The minimum Gasteiger partial charge on any atom is -0.444 e. The maximum atomic E-state index is 13.4.